The van der Waals surface area contributed by atoms with E-state index in [2.05, 4.69) is 29.4 Å². The summed E-state index contributed by atoms with van der Waals surface area (Å²) >= 11 is 0. The Morgan fingerprint density at radius 2 is 2.00 bits per heavy atom. The van der Waals surface area contributed by atoms with Crippen LogP contribution in [0.2, 0.25) is 0 Å². The molecule has 2 aliphatic rings. The molecule has 0 radical (unpaired) electrons. The van der Waals surface area contributed by atoms with Crippen LogP contribution in [-0.4, -0.2) is 66.6 Å². The number of aliphatic hydroxyl groups excluding tert-OH is 1. The van der Waals surface area contributed by atoms with E-state index in [-0.39, 0.29) is 18.2 Å². The molecule has 1 aliphatic carbocycles. The largest absolute Gasteiger partial charge is 0.388 e. The SMILES string of the molecule is CCN(CC)C[C@@H]1OCC(NC(=O)NC2CCC2)[C@H]1O. The summed E-state index contributed by atoms with van der Waals surface area (Å²) < 4.78 is 5.62. The molecule has 2 amide bonds. The number of carbonyl (C=O) groups excluding carboxylic acids is 1. The van der Waals surface area contributed by atoms with Gasteiger partial charge in [0.1, 0.15) is 6.10 Å². The summed E-state index contributed by atoms with van der Waals surface area (Å²) in [5.74, 6) is 0. The topological polar surface area (TPSA) is 73.8 Å². The van der Waals surface area contributed by atoms with Gasteiger partial charge in [-0.1, -0.05) is 13.8 Å². The smallest absolute Gasteiger partial charge is 0.315 e. The van der Waals surface area contributed by atoms with Gasteiger partial charge in [-0.25, -0.2) is 4.79 Å². The molecule has 0 spiro atoms. The maximum absolute atomic E-state index is 11.8. The molecule has 1 heterocycles. The highest BCUT2D eigenvalue weighted by atomic mass is 16.5. The molecule has 2 fully saturated rings. The lowest BCUT2D eigenvalue weighted by molar-refractivity contribution is 0.0173. The maximum Gasteiger partial charge on any atom is 0.315 e. The minimum absolute atomic E-state index is 0.189. The lowest BCUT2D eigenvalue weighted by atomic mass is 9.93. The first-order valence-electron chi connectivity index (χ1n) is 7.73. The number of hydrogen-bond acceptors (Lipinski definition) is 4. The van der Waals surface area contributed by atoms with Crippen molar-refractivity contribution in [3.05, 3.63) is 0 Å². The molecule has 0 aromatic carbocycles. The van der Waals surface area contributed by atoms with Crippen LogP contribution in [0, 0.1) is 0 Å². The zero-order valence-corrected chi connectivity index (χ0v) is 12.5. The van der Waals surface area contributed by atoms with Crippen molar-refractivity contribution in [1.82, 2.24) is 15.5 Å². The Labute approximate surface area is 120 Å². The van der Waals surface area contributed by atoms with E-state index in [0.29, 0.717) is 19.2 Å². The van der Waals surface area contributed by atoms with Gasteiger partial charge in [0.25, 0.3) is 0 Å². The maximum atomic E-state index is 11.8. The monoisotopic (exact) mass is 285 g/mol. The number of aliphatic hydroxyl groups is 1. The van der Waals surface area contributed by atoms with Crippen molar-refractivity contribution in [2.45, 2.75) is 57.4 Å². The van der Waals surface area contributed by atoms with Crippen LogP contribution in [0.25, 0.3) is 0 Å². The van der Waals surface area contributed by atoms with Gasteiger partial charge in [0.05, 0.1) is 18.8 Å². The average molecular weight is 285 g/mol. The number of amides is 2. The zero-order chi connectivity index (χ0) is 14.5. The minimum atomic E-state index is -0.636. The molecule has 0 bridgehead atoms. The fourth-order valence-corrected chi connectivity index (χ4v) is 2.66. The molecule has 0 aromatic rings. The Morgan fingerprint density at radius 3 is 2.55 bits per heavy atom. The molecule has 1 saturated carbocycles. The fraction of sp³-hybridized carbons (Fsp3) is 0.929. The van der Waals surface area contributed by atoms with Crippen LogP contribution in [0.5, 0.6) is 0 Å². The van der Waals surface area contributed by atoms with Crippen LogP contribution in [0.4, 0.5) is 4.79 Å². The standard InChI is InChI=1S/C14H27N3O3/c1-3-17(4-2)8-12-13(18)11(9-20-12)16-14(19)15-10-6-5-7-10/h10-13,18H,3-9H2,1-2H3,(H2,15,16,19)/t11?,12-,13+/m0/s1. The van der Waals surface area contributed by atoms with E-state index in [0.717, 1.165) is 25.9 Å². The quantitative estimate of drug-likeness (QED) is 0.656. The van der Waals surface area contributed by atoms with Crippen LogP contribution in [-0.2, 0) is 4.74 Å². The zero-order valence-electron chi connectivity index (χ0n) is 12.5. The summed E-state index contributed by atoms with van der Waals surface area (Å²) in [6.07, 6.45) is 2.45. The molecule has 116 valence electrons. The lowest BCUT2D eigenvalue weighted by Crippen LogP contribution is -2.52. The second-order valence-electron chi connectivity index (χ2n) is 5.70. The van der Waals surface area contributed by atoms with Crippen molar-refractivity contribution < 1.29 is 14.6 Å². The van der Waals surface area contributed by atoms with Crippen molar-refractivity contribution >= 4 is 6.03 Å². The minimum Gasteiger partial charge on any atom is -0.388 e. The summed E-state index contributed by atoms with van der Waals surface area (Å²) in [4.78, 5) is 14.0. The molecule has 6 nitrogen and oxygen atoms in total. The summed E-state index contributed by atoms with van der Waals surface area (Å²) in [7, 11) is 0. The molecule has 1 aliphatic heterocycles. The van der Waals surface area contributed by atoms with Crippen LogP contribution < -0.4 is 10.6 Å². The normalized spacial score (nSPS) is 30.3. The highest BCUT2D eigenvalue weighted by Crippen LogP contribution is 2.18. The third kappa shape index (κ3) is 3.84. The van der Waals surface area contributed by atoms with Gasteiger partial charge in [-0.15, -0.1) is 0 Å². The van der Waals surface area contributed by atoms with Crippen LogP contribution in [0.15, 0.2) is 0 Å². The number of rotatable bonds is 6. The van der Waals surface area contributed by atoms with E-state index in [9.17, 15) is 9.90 Å². The summed E-state index contributed by atoms with van der Waals surface area (Å²) in [6.45, 7) is 7.13. The third-order valence-corrected chi connectivity index (χ3v) is 4.37. The number of carbonyl (C=O) groups is 1. The molecule has 1 saturated heterocycles. The second kappa shape index (κ2) is 7.24. The van der Waals surface area contributed by atoms with Crippen molar-refractivity contribution in [1.29, 1.82) is 0 Å². The van der Waals surface area contributed by atoms with Gasteiger partial charge in [-0.05, 0) is 32.4 Å². The lowest BCUT2D eigenvalue weighted by Gasteiger charge is -2.28. The van der Waals surface area contributed by atoms with Crippen LogP contribution in [0.1, 0.15) is 33.1 Å². The molecule has 6 heteroatoms. The van der Waals surface area contributed by atoms with E-state index in [1.54, 1.807) is 0 Å². The predicted octanol–water partition coefficient (Wildman–Crippen LogP) is 0.308. The average Bonchev–Trinajstić information content (AvgIpc) is 2.73. The Kier molecular flexibility index (Phi) is 5.63. The number of ether oxygens (including phenoxy) is 1. The molecule has 3 atom stereocenters. The van der Waals surface area contributed by atoms with Gasteiger partial charge in [-0.3, -0.25) is 0 Å². The van der Waals surface area contributed by atoms with E-state index in [1.807, 2.05) is 0 Å². The predicted molar refractivity (Wildman–Crippen MR) is 76.6 cm³/mol. The summed E-state index contributed by atoms with van der Waals surface area (Å²) in [5, 5.41) is 16.0. The molecular formula is C14H27N3O3. The van der Waals surface area contributed by atoms with Crippen molar-refractivity contribution in [2.24, 2.45) is 0 Å². The number of hydrogen-bond donors (Lipinski definition) is 3. The molecular weight excluding hydrogens is 258 g/mol. The molecule has 0 aromatic heterocycles. The van der Waals surface area contributed by atoms with Crippen molar-refractivity contribution in [3.8, 4) is 0 Å². The Balaban J connectivity index is 1.74. The van der Waals surface area contributed by atoms with Crippen molar-refractivity contribution in [3.63, 3.8) is 0 Å². The molecule has 2 rings (SSSR count). The number of nitrogens with one attached hydrogen (secondary N) is 2. The highest BCUT2D eigenvalue weighted by molar-refractivity contribution is 5.74. The van der Waals surface area contributed by atoms with Gasteiger partial charge >= 0.3 is 6.03 Å². The van der Waals surface area contributed by atoms with Gasteiger partial charge in [-0.2, -0.15) is 0 Å². The number of nitrogens with zero attached hydrogens (tertiary/aromatic N) is 1. The van der Waals surface area contributed by atoms with Crippen LogP contribution in [0.3, 0.4) is 0 Å². The number of likely N-dealkylation sites (N-methyl/N-ethyl adjacent to an activating group) is 1. The van der Waals surface area contributed by atoms with Crippen LogP contribution >= 0.6 is 0 Å². The molecule has 20 heavy (non-hydrogen) atoms. The van der Waals surface area contributed by atoms with E-state index >= 15 is 0 Å². The molecule has 3 N–H and O–H groups in total. The van der Waals surface area contributed by atoms with Gasteiger partial charge in [0.15, 0.2) is 0 Å². The highest BCUT2D eigenvalue weighted by Gasteiger charge is 2.37. The first-order valence-corrected chi connectivity index (χ1v) is 7.73. The van der Waals surface area contributed by atoms with E-state index in [4.69, 9.17) is 4.74 Å². The van der Waals surface area contributed by atoms with Crippen molar-refractivity contribution in [2.75, 3.05) is 26.2 Å². The van der Waals surface area contributed by atoms with Gasteiger partial charge in [0, 0.05) is 12.6 Å². The first kappa shape index (κ1) is 15.5. The van der Waals surface area contributed by atoms with Gasteiger partial charge in [0.2, 0.25) is 0 Å². The Morgan fingerprint density at radius 1 is 1.30 bits per heavy atom. The van der Waals surface area contributed by atoms with Gasteiger partial charge < -0.3 is 25.4 Å². The van der Waals surface area contributed by atoms with E-state index < -0.39 is 6.10 Å². The summed E-state index contributed by atoms with van der Waals surface area (Å²) in [5.41, 5.74) is 0. The second-order valence-corrected chi connectivity index (χ2v) is 5.70. The molecule has 1 unspecified atom stereocenters. The Bertz CT molecular complexity index is 319. The Hall–Kier alpha value is -0.850. The van der Waals surface area contributed by atoms with E-state index in [1.165, 1.54) is 6.42 Å². The number of urea groups is 1. The third-order valence-electron chi connectivity index (χ3n) is 4.37. The summed E-state index contributed by atoms with van der Waals surface area (Å²) in [6, 6.07) is -0.192. The fourth-order valence-electron chi connectivity index (χ4n) is 2.66. The first-order chi connectivity index (χ1) is 9.63.